The van der Waals surface area contributed by atoms with Crippen LogP contribution in [0.4, 0.5) is 0 Å². The van der Waals surface area contributed by atoms with Crippen molar-refractivity contribution in [3.8, 4) is 0 Å². The van der Waals surface area contributed by atoms with E-state index in [1.165, 1.54) is 0 Å². The number of hydrogen-bond acceptors (Lipinski definition) is 3. The van der Waals surface area contributed by atoms with E-state index < -0.39 is 0 Å². The Hall–Kier alpha value is -2.49. The fraction of sp³-hybridized carbons (Fsp3) is 0.0714. The summed E-state index contributed by atoms with van der Waals surface area (Å²) in [5.74, 6) is -0.483. The highest BCUT2D eigenvalue weighted by atomic mass is 16.2. The molecule has 2 heterocycles. The van der Waals surface area contributed by atoms with Crippen molar-refractivity contribution in [1.82, 2.24) is 10.4 Å². The van der Waals surface area contributed by atoms with Crippen molar-refractivity contribution < 1.29 is 4.79 Å². The summed E-state index contributed by atoms with van der Waals surface area (Å²) in [6.45, 7) is 0. The molecule has 2 aromatic rings. The van der Waals surface area contributed by atoms with E-state index in [9.17, 15) is 4.79 Å². The number of pyridine rings is 1. The van der Waals surface area contributed by atoms with Crippen molar-refractivity contribution in [2.75, 3.05) is 0 Å². The zero-order chi connectivity index (χ0) is 12.4. The molecule has 0 bridgehead atoms. The SMILES string of the molecule is O=C1NN=C(c2ccccn2)[C@@H]1c1ccccc1. The predicted octanol–water partition coefficient (Wildman–Crippen LogP) is 1.70. The Morgan fingerprint density at radius 3 is 2.50 bits per heavy atom. The second kappa shape index (κ2) is 4.41. The number of carbonyl (C=O) groups excluding carboxylic acids is 1. The Kier molecular flexibility index (Phi) is 2.61. The van der Waals surface area contributed by atoms with E-state index in [0.29, 0.717) is 5.71 Å². The Bertz CT molecular complexity index is 593. The van der Waals surface area contributed by atoms with Crippen LogP contribution < -0.4 is 5.43 Å². The first-order valence-electron chi connectivity index (χ1n) is 5.70. The first-order chi connectivity index (χ1) is 8.86. The highest BCUT2D eigenvalue weighted by molar-refractivity contribution is 6.19. The predicted molar refractivity (Wildman–Crippen MR) is 68.1 cm³/mol. The van der Waals surface area contributed by atoms with Crippen molar-refractivity contribution in [2.24, 2.45) is 5.10 Å². The normalized spacial score (nSPS) is 18.3. The molecule has 1 atom stereocenters. The molecular formula is C14H11N3O. The van der Waals surface area contributed by atoms with Crippen molar-refractivity contribution in [1.29, 1.82) is 0 Å². The van der Waals surface area contributed by atoms with E-state index in [1.807, 2.05) is 48.5 Å². The molecule has 1 aliphatic heterocycles. The van der Waals surface area contributed by atoms with E-state index in [1.54, 1.807) is 6.20 Å². The Morgan fingerprint density at radius 1 is 1.00 bits per heavy atom. The van der Waals surface area contributed by atoms with Crippen molar-refractivity contribution in [3.05, 3.63) is 66.0 Å². The van der Waals surface area contributed by atoms with E-state index in [4.69, 9.17) is 0 Å². The van der Waals surface area contributed by atoms with Crippen LogP contribution in [0.2, 0.25) is 0 Å². The average Bonchev–Trinajstić information content (AvgIpc) is 2.83. The van der Waals surface area contributed by atoms with Crippen LogP contribution in [0, 0.1) is 0 Å². The molecule has 88 valence electrons. The van der Waals surface area contributed by atoms with E-state index in [-0.39, 0.29) is 11.8 Å². The third-order valence-corrected chi connectivity index (χ3v) is 2.88. The number of nitrogens with zero attached hydrogens (tertiary/aromatic N) is 2. The largest absolute Gasteiger partial charge is 0.272 e. The molecule has 0 unspecified atom stereocenters. The zero-order valence-corrected chi connectivity index (χ0v) is 9.58. The lowest BCUT2D eigenvalue weighted by atomic mass is 9.92. The van der Waals surface area contributed by atoms with Gasteiger partial charge in [0.15, 0.2) is 0 Å². The molecule has 0 saturated heterocycles. The van der Waals surface area contributed by atoms with Gasteiger partial charge in [0.1, 0.15) is 11.6 Å². The van der Waals surface area contributed by atoms with Crippen LogP contribution in [-0.4, -0.2) is 16.6 Å². The van der Waals surface area contributed by atoms with Gasteiger partial charge in [0, 0.05) is 6.20 Å². The van der Waals surface area contributed by atoms with Crippen LogP contribution in [0.3, 0.4) is 0 Å². The van der Waals surface area contributed by atoms with Gasteiger partial charge in [-0.15, -0.1) is 0 Å². The molecule has 18 heavy (non-hydrogen) atoms. The van der Waals surface area contributed by atoms with Crippen LogP contribution in [0.15, 0.2) is 59.8 Å². The molecule has 3 rings (SSSR count). The lowest BCUT2D eigenvalue weighted by Crippen LogP contribution is -2.22. The minimum absolute atomic E-state index is 0.109. The summed E-state index contributed by atoms with van der Waals surface area (Å²) in [7, 11) is 0. The average molecular weight is 237 g/mol. The minimum atomic E-state index is -0.374. The lowest BCUT2D eigenvalue weighted by molar-refractivity contribution is -0.120. The fourth-order valence-corrected chi connectivity index (χ4v) is 2.04. The number of hydrogen-bond donors (Lipinski definition) is 1. The number of amides is 1. The van der Waals surface area contributed by atoms with Gasteiger partial charge < -0.3 is 0 Å². The van der Waals surface area contributed by atoms with E-state index >= 15 is 0 Å². The Balaban J connectivity index is 2.03. The number of rotatable bonds is 2. The van der Waals surface area contributed by atoms with Gasteiger partial charge >= 0.3 is 0 Å². The summed E-state index contributed by atoms with van der Waals surface area (Å²) in [6, 6.07) is 15.2. The van der Waals surface area contributed by atoms with E-state index in [2.05, 4.69) is 15.5 Å². The monoisotopic (exact) mass is 237 g/mol. The van der Waals surface area contributed by atoms with Crippen molar-refractivity contribution in [2.45, 2.75) is 5.92 Å². The Labute approximate surface area is 104 Å². The number of aromatic nitrogens is 1. The van der Waals surface area contributed by atoms with Gasteiger partial charge in [0.2, 0.25) is 0 Å². The second-order valence-corrected chi connectivity index (χ2v) is 4.03. The van der Waals surface area contributed by atoms with Gasteiger partial charge in [-0.05, 0) is 17.7 Å². The molecule has 0 radical (unpaired) electrons. The molecule has 1 aromatic carbocycles. The highest BCUT2D eigenvalue weighted by Gasteiger charge is 2.32. The molecule has 4 nitrogen and oxygen atoms in total. The van der Waals surface area contributed by atoms with Crippen LogP contribution >= 0.6 is 0 Å². The standard InChI is InChI=1S/C14H11N3O/c18-14-12(10-6-2-1-3-7-10)13(16-17-14)11-8-4-5-9-15-11/h1-9,12H,(H,17,18)/t12-/m0/s1. The Morgan fingerprint density at radius 2 is 1.78 bits per heavy atom. The summed E-state index contributed by atoms with van der Waals surface area (Å²) in [5.41, 5.74) is 4.85. The minimum Gasteiger partial charge on any atom is -0.272 e. The number of nitrogens with one attached hydrogen (secondary N) is 1. The summed E-state index contributed by atoms with van der Waals surface area (Å²) in [5, 5.41) is 4.10. The first kappa shape index (κ1) is 10.7. The summed E-state index contributed by atoms with van der Waals surface area (Å²) >= 11 is 0. The third kappa shape index (κ3) is 1.78. The maximum absolute atomic E-state index is 11.9. The summed E-state index contributed by atoms with van der Waals surface area (Å²) < 4.78 is 0. The molecule has 1 amide bonds. The van der Waals surface area contributed by atoms with Gasteiger partial charge in [-0.2, -0.15) is 5.10 Å². The number of benzene rings is 1. The number of hydrazone groups is 1. The molecular weight excluding hydrogens is 226 g/mol. The van der Waals surface area contributed by atoms with E-state index in [0.717, 1.165) is 11.3 Å². The molecule has 1 N–H and O–H groups in total. The van der Waals surface area contributed by atoms with Crippen LogP contribution in [0.25, 0.3) is 0 Å². The quantitative estimate of drug-likeness (QED) is 0.864. The van der Waals surface area contributed by atoms with Crippen LogP contribution in [0.5, 0.6) is 0 Å². The number of carbonyl (C=O) groups is 1. The zero-order valence-electron chi connectivity index (χ0n) is 9.58. The van der Waals surface area contributed by atoms with Gasteiger partial charge in [-0.25, -0.2) is 5.43 Å². The molecule has 0 saturated carbocycles. The van der Waals surface area contributed by atoms with Crippen LogP contribution in [-0.2, 0) is 4.79 Å². The third-order valence-electron chi connectivity index (χ3n) is 2.88. The van der Waals surface area contributed by atoms with Gasteiger partial charge in [0.05, 0.1) is 5.69 Å². The fourth-order valence-electron chi connectivity index (χ4n) is 2.04. The first-order valence-corrected chi connectivity index (χ1v) is 5.70. The topological polar surface area (TPSA) is 54.4 Å². The molecule has 0 fully saturated rings. The second-order valence-electron chi connectivity index (χ2n) is 4.03. The molecule has 1 aliphatic rings. The highest BCUT2D eigenvalue weighted by Crippen LogP contribution is 2.24. The van der Waals surface area contributed by atoms with Gasteiger partial charge in [0.25, 0.3) is 5.91 Å². The van der Waals surface area contributed by atoms with Crippen LogP contribution in [0.1, 0.15) is 17.2 Å². The van der Waals surface area contributed by atoms with Crippen molar-refractivity contribution >= 4 is 11.6 Å². The van der Waals surface area contributed by atoms with Gasteiger partial charge in [-0.1, -0.05) is 36.4 Å². The molecule has 4 heteroatoms. The van der Waals surface area contributed by atoms with Gasteiger partial charge in [-0.3, -0.25) is 9.78 Å². The molecule has 0 aliphatic carbocycles. The smallest absolute Gasteiger partial charge is 0.253 e. The lowest BCUT2D eigenvalue weighted by Gasteiger charge is -2.10. The summed E-state index contributed by atoms with van der Waals surface area (Å²) in [4.78, 5) is 16.2. The van der Waals surface area contributed by atoms with Crippen molar-refractivity contribution in [3.63, 3.8) is 0 Å². The maximum atomic E-state index is 11.9. The summed E-state index contributed by atoms with van der Waals surface area (Å²) in [6.07, 6.45) is 1.70. The molecule has 0 spiro atoms. The maximum Gasteiger partial charge on any atom is 0.253 e. The molecule has 1 aromatic heterocycles.